The highest BCUT2D eigenvalue weighted by Crippen LogP contribution is 2.09. The average Bonchev–Trinajstić information content (AvgIpc) is 2.29. The van der Waals surface area contributed by atoms with Gasteiger partial charge in [0.2, 0.25) is 0 Å². The van der Waals surface area contributed by atoms with Gasteiger partial charge in [0.15, 0.2) is 0 Å². The number of aliphatic imine (C=N–C) groups is 2. The van der Waals surface area contributed by atoms with Gasteiger partial charge in [-0.15, -0.1) is 0 Å². The summed E-state index contributed by atoms with van der Waals surface area (Å²) in [6, 6.07) is 8.45. The topological polar surface area (TPSA) is 24.7 Å². The molecule has 0 amide bonds. The third-order valence-electron chi connectivity index (χ3n) is 2.42. The van der Waals surface area contributed by atoms with E-state index in [0.717, 1.165) is 24.4 Å². The molecule has 1 aromatic rings. The van der Waals surface area contributed by atoms with Crippen LogP contribution in [-0.4, -0.2) is 18.5 Å². The molecule has 17 heavy (non-hydrogen) atoms. The van der Waals surface area contributed by atoms with E-state index in [1.807, 2.05) is 13.8 Å². The monoisotopic (exact) mass is 228 g/mol. The second-order valence-corrected chi connectivity index (χ2v) is 3.92. The van der Waals surface area contributed by atoms with Crippen molar-refractivity contribution in [3.63, 3.8) is 0 Å². The Balaban J connectivity index is 2.88. The van der Waals surface area contributed by atoms with Gasteiger partial charge in [-0.1, -0.05) is 36.4 Å². The van der Waals surface area contributed by atoms with E-state index in [1.165, 1.54) is 11.1 Å². The smallest absolute Gasteiger partial charge is 0.0767 e. The van der Waals surface area contributed by atoms with E-state index in [2.05, 4.69) is 47.8 Å². The van der Waals surface area contributed by atoms with Crippen LogP contribution in [0.5, 0.6) is 0 Å². The lowest BCUT2D eigenvalue weighted by Gasteiger charge is -2.07. The molecule has 0 bridgehead atoms. The summed E-state index contributed by atoms with van der Waals surface area (Å²) >= 11 is 0. The maximum Gasteiger partial charge on any atom is 0.0767 e. The minimum Gasteiger partial charge on any atom is -0.287 e. The number of hydrogen-bond donors (Lipinski definition) is 0. The van der Waals surface area contributed by atoms with Crippen LogP contribution in [0.2, 0.25) is 0 Å². The van der Waals surface area contributed by atoms with Gasteiger partial charge in [0, 0.05) is 19.2 Å². The van der Waals surface area contributed by atoms with Gasteiger partial charge in [0.25, 0.3) is 0 Å². The van der Waals surface area contributed by atoms with Crippen molar-refractivity contribution in [2.45, 2.75) is 27.2 Å². The maximum absolute atomic E-state index is 4.47. The van der Waals surface area contributed by atoms with Crippen LogP contribution in [0.15, 0.2) is 46.5 Å². The zero-order valence-corrected chi connectivity index (χ0v) is 10.9. The molecule has 2 nitrogen and oxygen atoms in total. The quantitative estimate of drug-likeness (QED) is 0.688. The fourth-order valence-electron chi connectivity index (χ4n) is 1.69. The number of aryl methyl sites for hydroxylation is 1. The Hall–Kier alpha value is -1.70. The number of allylic oxidation sites excluding steroid dienone is 1. The van der Waals surface area contributed by atoms with Crippen LogP contribution < -0.4 is 0 Å². The third kappa shape index (κ3) is 4.35. The Labute approximate surface area is 104 Å². The minimum absolute atomic E-state index is 0.760. The summed E-state index contributed by atoms with van der Waals surface area (Å²) < 4.78 is 0. The molecule has 0 atom stereocenters. The standard InChI is InChI=1S/C15H20N2/c1-5-16-13(4)15(17-6-2)11-14-9-7-8-12(3)10-14/h5,7-10H,4,6,11H2,1-3H3. The highest BCUT2D eigenvalue weighted by molar-refractivity contribution is 6.01. The molecule has 2 heteroatoms. The summed E-state index contributed by atoms with van der Waals surface area (Å²) in [5, 5.41) is 0. The van der Waals surface area contributed by atoms with E-state index in [9.17, 15) is 0 Å². The molecule has 0 N–H and O–H groups in total. The first-order valence-electron chi connectivity index (χ1n) is 5.94. The van der Waals surface area contributed by atoms with Crippen LogP contribution >= 0.6 is 0 Å². The van der Waals surface area contributed by atoms with Crippen LogP contribution in [0.4, 0.5) is 0 Å². The molecule has 0 aliphatic carbocycles. The second kappa shape index (κ2) is 6.79. The number of rotatable bonds is 5. The summed E-state index contributed by atoms with van der Waals surface area (Å²) in [6.45, 7) is 10.7. The van der Waals surface area contributed by atoms with Gasteiger partial charge in [-0.05, 0) is 26.3 Å². The Morgan fingerprint density at radius 3 is 2.76 bits per heavy atom. The molecular formula is C15H20N2. The zero-order valence-electron chi connectivity index (χ0n) is 10.9. The summed E-state index contributed by atoms with van der Waals surface area (Å²) in [4.78, 5) is 8.68. The highest BCUT2D eigenvalue weighted by atomic mass is 14.8. The molecule has 0 unspecified atom stereocenters. The largest absolute Gasteiger partial charge is 0.287 e. The Bertz CT molecular complexity index is 442. The average molecular weight is 228 g/mol. The van der Waals surface area contributed by atoms with Gasteiger partial charge in [-0.25, -0.2) is 0 Å². The van der Waals surface area contributed by atoms with Gasteiger partial charge in [-0.3, -0.25) is 9.98 Å². The van der Waals surface area contributed by atoms with Crippen LogP contribution in [-0.2, 0) is 6.42 Å². The lowest BCUT2D eigenvalue weighted by Crippen LogP contribution is -2.06. The molecule has 0 aromatic heterocycles. The van der Waals surface area contributed by atoms with E-state index < -0.39 is 0 Å². The second-order valence-electron chi connectivity index (χ2n) is 3.92. The van der Waals surface area contributed by atoms with Crippen LogP contribution in [0.3, 0.4) is 0 Å². The number of benzene rings is 1. The summed E-state index contributed by atoms with van der Waals surface area (Å²) in [7, 11) is 0. The van der Waals surface area contributed by atoms with E-state index in [0.29, 0.717) is 0 Å². The first-order chi connectivity index (χ1) is 8.17. The third-order valence-corrected chi connectivity index (χ3v) is 2.42. The zero-order chi connectivity index (χ0) is 12.7. The fraction of sp³-hybridized carbons (Fsp3) is 0.333. The van der Waals surface area contributed by atoms with Crippen molar-refractivity contribution in [2.75, 3.05) is 6.54 Å². The van der Waals surface area contributed by atoms with Crippen LogP contribution in [0.1, 0.15) is 25.0 Å². The Morgan fingerprint density at radius 2 is 2.18 bits per heavy atom. The summed E-state index contributed by atoms with van der Waals surface area (Å²) in [6.07, 6.45) is 2.55. The summed E-state index contributed by atoms with van der Waals surface area (Å²) in [5.74, 6) is 0. The van der Waals surface area contributed by atoms with Gasteiger partial charge in [0.05, 0.1) is 11.4 Å². The van der Waals surface area contributed by atoms with E-state index in [4.69, 9.17) is 0 Å². The molecule has 0 radical (unpaired) electrons. The molecule has 1 rings (SSSR count). The van der Waals surface area contributed by atoms with Crippen LogP contribution in [0, 0.1) is 6.92 Å². The molecule has 0 spiro atoms. The van der Waals surface area contributed by atoms with Gasteiger partial charge >= 0.3 is 0 Å². The first kappa shape index (κ1) is 13.4. The lowest BCUT2D eigenvalue weighted by molar-refractivity contribution is 1.10. The highest BCUT2D eigenvalue weighted by Gasteiger charge is 2.04. The van der Waals surface area contributed by atoms with E-state index >= 15 is 0 Å². The van der Waals surface area contributed by atoms with Gasteiger partial charge in [-0.2, -0.15) is 0 Å². The number of nitrogens with zero attached hydrogens (tertiary/aromatic N) is 2. The SMILES string of the molecule is C=C(N=CC)C(Cc1cccc(C)c1)=NCC. The molecule has 0 heterocycles. The van der Waals surface area contributed by atoms with Gasteiger partial charge < -0.3 is 0 Å². The molecule has 0 saturated carbocycles. The van der Waals surface area contributed by atoms with Crippen molar-refractivity contribution in [1.29, 1.82) is 0 Å². The molecule has 0 saturated heterocycles. The molecule has 90 valence electrons. The Morgan fingerprint density at radius 1 is 1.41 bits per heavy atom. The predicted molar refractivity (Wildman–Crippen MR) is 76.2 cm³/mol. The molecular weight excluding hydrogens is 208 g/mol. The van der Waals surface area contributed by atoms with Crippen molar-refractivity contribution < 1.29 is 0 Å². The van der Waals surface area contributed by atoms with Crippen molar-refractivity contribution >= 4 is 11.9 Å². The first-order valence-corrected chi connectivity index (χ1v) is 5.94. The fourth-order valence-corrected chi connectivity index (χ4v) is 1.69. The van der Waals surface area contributed by atoms with E-state index in [1.54, 1.807) is 6.21 Å². The van der Waals surface area contributed by atoms with Crippen molar-refractivity contribution in [3.8, 4) is 0 Å². The maximum atomic E-state index is 4.47. The number of hydrogen-bond acceptors (Lipinski definition) is 2. The molecule has 0 aliphatic rings. The van der Waals surface area contributed by atoms with Crippen molar-refractivity contribution in [1.82, 2.24) is 0 Å². The molecule has 0 aliphatic heterocycles. The van der Waals surface area contributed by atoms with Crippen molar-refractivity contribution in [2.24, 2.45) is 9.98 Å². The molecule has 1 aromatic carbocycles. The van der Waals surface area contributed by atoms with Gasteiger partial charge in [0.1, 0.15) is 0 Å². The Kier molecular flexibility index (Phi) is 5.34. The molecule has 0 fully saturated rings. The minimum atomic E-state index is 0.760. The lowest BCUT2D eigenvalue weighted by atomic mass is 10.0. The van der Waals surface area contributed by atoms with Crippen LogP contribution in [0.25, 0.3) is 0 Å². The summed E-state index contributed by atoms with van der Waals surface area (Å²) in [5.41, 5.74) is 4.25. The normalized spacial score (nSPS) is 12.1. The van der Waals surface area contributed by atoms with Crippen molar-refractivity contribution in [3.05, 3.63) is 47.7 Å². The predicted octanol–water partition coefficient (Wildman–Crippen LogP) is 3.60. The van der Waals surface area contributed by atoms with E-state index in [-0.39, 0.29) is 0 Å².